The number of carbonyl (C=O) groups excluding carboxylic acids is 2. The first-order valence-electron chi connectivity index (χ1n) is 5.25. The van der Waals surface area contributed by atoms with Crippen molar-refractivity contribution >= 4 is 23.2 Å². The molecule has 0 bridgehead atoms. The zero-order valence-corrected chi connectivity index (χ0v) is 10.1. The number of amides is 2. The molecule has 0 atom stereocenters. The van der Waals surface area contributed by atoms with Crippen molar-refractivity contribution in [3.8, 4) is 0 Å². The van der Waals surface area contributed by atoms with Gasteiger partial charge in [0, 0.05) is 0 Å². The van der Waals surface area contributed by atoms with Crippen molar-refractivity contribution in [2.45, 2.75) is 6.18 Å². The number of aromatic nitrogens is 1. The Bertz CT molecular complexity index is 516. The minimum absolute atomic E-state index is 0.138. The first-order valence-corrected chi connectivity index (χ1v) is 5.25. The minimum Gasteiger partial charge on any atom is -0.396 e. The molecule has 1 aromatic heterocycles. The van der Waals surface area contributed by atoms with Gasteiger partial charge in [0.05, 0.1) is 30.7 Å². The third kappa shape index (κ3) is 4.00. The van der Waals surface area contributed by atoms with Crippen molar-refractivity contribution in [1.29, 1.82) is 0 Å². The fourth-order valence-corrected chi connectivity index (χ4v) is 1.49. The molecule has 0 saturated heterocycles. The smallest absolute Gasteiger partial charge is 0.396 e. The molecule has 0 aliphatic carbocycles. The molecule has 0 saturated carbocycles. The van der Waals surface area contributed by atoms with Crippen LogP contribution in [0.2, 0.25) is 0 Å². The maximum atomic E-state index is 12.6. The van der Waals surface area contributed by atoms with Gasteiger partial charge in [0.2, 0.25) is 11.8 Å². The number of hydrogen-bond donors (Lipinski definition) is 3. The number of pyridine rings is 1. The Labute approximate surface area is 111 Å². The second-order valence-corrected chi connectivity index (χ2v) is 3.91. The lowest BCUT2D eigenvalue weighted by Gasteiger charge is -2.23. The van der Waals surface area contributed by atoms with Gasteiger partial charge >= 0.3 is 6.18 Å². The molecule has 0 radical (unpaired) electrons. The summed E-state index contributed by atoms with van der Waals surface area (Å²) >= 11 is 0. The molecular weight excluding hydrogens is 279 g/mol. The van der Waals surface area contributed by atoms with E-state index in [0.29, 0.717) is 6.07 Å². The van der Waals surface area contributed by atoms with Crippen molar-refractivity contribution in [3.05, 3.63) is 18.0 Å². The van der Waals surface area contributed by atoms with Crippen LogP contribution in [0.5, 0.6) is 0 Å². The Balaban J connectivity index is 3.23. The summed E-state index contributed by atoms with van der Waals surface area (Å²) < 4.78 is 37.7. The number of alkyl halides is 3. The molecule has 0 unspecified atom stereocenters. The van der Waals surface area contributed by atoms with Gasteiger partial charge in [-0.15, -0.1) is 0 Å². The van der Waals surface area contributed by atoms with Gasteiger partial charge in [0.1, 0.15) is 5.69 Å². The molecular formula is C10H12F3N5O2. The van der Waals surface area contributed by atoms with E-state index in [9.17, 15) is 22.8 Å². The molecule has 1 aromatic rings. The zero-order chi connectivity index (χ0) is 15.5. The topological polar surface area (TPSA) is 128 Å². The summed E-state index contributed by atoms with van der Waals surface area (Å²) in [6.07, 6.45) is -3.90. The Kier molecular flexibility index (Phi) is 4.38. The lowest BCUT2D eigenvalue weighted by Crippen LogP contribution is -2.40. The molecule has 0 aliphatic heterocycles. The van der Waals surface area contributed by atoms with Crippen molar-refractivity contribution in [2.75, 3.05) is 23.7 Å². The molecule has 0 aromatic carbocycles. The summed E-state index contributed by atoms with van der Waals surface area (Å²) in [4.78, 5) is 25.9. The van der Waals surface area contributed by atoms with Crippen molar-refractivity contribution in [1.82, 2.24) is 4.98 Å². The number of halogens is 3. The quantitative estimate of drug-likeness (QED) is 0.671. The molecule has 0 aliphatic rings. The standard InChI is InChI=1S/C10H12F3N5O2/c11-10(12,13)7-1-6(5(14)2-17-7)18(3-8(15)19)4-9(16)20/h1-2H,3-4,14H2,(H2,15,19)(H2,16,20). The summed E-state index contributed by atoms with van der Waals surface area (Å²) in [6.45, 7) is -1.01. The van der Waals surface area contributed by atoms with Crippen molar-refractivity contribution < 1.29 is 22.8 Å². The Morgan fingerprint density at radius 3 is 2.10 bits per heavy atom. The SMILES string of the molecule is NC(=O)CN(CC(N)=O)c1cc(C(F)(F)F)ncc1N. The number of primary amides is 2. The highest BCUT2D eigenvalue weighted by atomic mass is 19.4. The van der Waals surface area contributed by atoms with Gasteiger partial charge in [-0.3, -0.25) is 9.59 Å². The third-order valence-corrected chi connectivity index (χ3v) is 2.24. The van der Waals surface area contributed by atoms with Gasteiger partial charge in [-0.1, -0.05) is 0 Å². The van der Waals surface area contributed by atoms with Crippen LogP contribution in [0.3, 0.4) is 0 Å². The average molecular weight is 291 g/mol. The molecule has 110 valence electrons. The zero-order valence-electron chi connectivity index (χ0n) is 10.1. The largest absolute Gasteiger partial charge is 0.433 e. The van der Waals surface area contributed by atoms with Crippen LogP contribution in [0.4, 0.5) is 24.5 Å². The molecule has 1 rings (SSSR count). The fourth-order valence-electron chi connectivity index (χ4n) is 1.49. The molecule has 20 heavy (non-hydrogen) atoms. The lowest BCUT2D eigenvalue weighted by molar-refractivity contribution is -0.141. The third-order valence-electron chi connectivity index (χ3n) is 2.24. The maximum Gasteiger partial charge on any atom is 0.433 e. The minimum atomic E-state index is -4.69. The first kappa shape index (κ1) is 15.5. The fraction of sp³-hybridized carbons (Fsp3) is 0.300. The van der Waals surface area contributed by atoms with E-state index in [-0.39, 0.29) is 11.4 Å². The van der Waals surface area contributed by atoms with Crippen molar-refractivity contribution in [2.24, 2.45) is 11.5 Å². The number of anilines is 2. The second-order valence-electron chi connectivity index (χ2n) is 3.91. The van der Waals surface area contributed by atoms with Crippen LogP contribution >= 0.6 is 0 Å². The Hall–Kier alpha value is -2.52. The summed E-state index contributed by atoms with van der Waals surface area (Å²) in [5, 5.41) is 0. The van der Waals surface area contributed by atoms with Crippen LogP contribution in [0.25, 0.3) is 0 Å². The van der Waals surface area contributed by atoms with Crippen LogP contribution < -0.4 is 22.1 Å². The summed E-state index contributed by atoms with van der Waals surface area (Å²) in [6, 6.07) is 0.626. The lowest BCUT2D eigenvalue weighted by atomic mass is 10.2. The molecule has 2 amide bonds. The van der Waals surface area contributed by atoms with Gasteiger partial charge in [0.25, 0.3) is 0 Å². The predicted molar refractivity (Wildman–Crippen MR) is 64.3 cm³/mol. The van der Waals surface area contributed by atoms with E-state index in [1.165, 1.54) is 0 Å². The van der Waals surface area contributed by atoms with Gasteiger partial charge in [-0.05, 0) is 6.07 Å². The highest BCUT2D eigenvalue weighted by molar-refractivity contribution is 5.86. The van der Waals surface area contributed by atoms with Crippen LogP contribution in [-0.4, -0.2) is 29.9 Å². The van der Waals surface area contributed by atoms with E-state index in [1.807, 2.05) is 0 Å². The van der Waals surface area contributed by atoms with Crippen LogP contribution in [0.1, 0.15) is 5.69 Å². The number of nitrogens with zero attached hydrogens (tertiary/aromatic N) is 2. The summed E-state index contributed by atoms with van der Waals surface area (Å²) in [7, 11) is 0. The predicted octanol–water partition coefficient (Wildman–Crippen LogP) is -0.540. The highest BCUT2D eigenvalue weighted by Gasteiger charge is 2.33. The normalized spacial score (nSPS) is 11.2. The average Bonchev–Trinajstić information content (AvgIpc) is 2.25. The van der Waals surface area contributed by atoms with Gasteiger partial charge in [-0.25, -0.2) is 4.98 Å². The molecule has 10 heteroatoms. The van der Waals surface area contributed by atoms with E-state index in [4.69, 9.17) is 17.2 Å². The molecule has 1 heterocycles. The number of nitrogens with two attached hydrogens (primary N) is 3. The van der Waals surface area contributed by atoms with Gasteiger partial charge in [0.15, 0.2) is 0 Å². The number of nitrogen functional groups attached to an aromatic ring is 1. The Morgan fingerprint density at radius 2 is 1.70 bits per heavy atom. The number of hydrogen-bond acceptors (Lipinski definition) is 5. The highest BCUT2D eigenvalue weighted by Crippen LogP contribution is 2.32. The van der Waals surface area contributed by atoms with Crippen LogP contribution in [0.15, 0.2) is 12.3 Å². The van der Waals surface area contributed by atoms with E-state index >= 15 is 0 Å². The first-order chi connectivity index (χ1) is 9.11. The van der Waals surface area contributed by atoms with Crippen molar-refractivity contribution in [3.63, 3.8) is 0 Å². The molecule has 0 fully saturated rings. The molecule has 0 spiro atoms. The van der Waals surface area contributed by atoms with E-state index < -0.39 is 36.8 Å². The van der Waals surface area contributed by atoms with E-state index in [1.54, 1.807) is 0 Å². The summed E-state index contributed by atoms with van der Waals surface area (Å²) in [5.74, 6) is -1.70. The molecule has 6 N–H and O–H groups in total. The van der Waals surface area contributed by atoms with Gasteiger partial charge in [-0.2, -0.15) is 13.2 Å². The number of rotatable bonds is 5. The van der Waals surface area contributed by atoms with E-state index in [0.717, 1.165) is 11.1 Å². The van der Waals surface area contributed by atoms with Crippen LogP contribution in [0, 0.1) is 0 Å². The van der Waals surface area contributed by atoms with Gasteiger partial charge < -0.3 is 22.1 Å². The summed E-state index contributed by atoms with van der Waals surface area (Å²) in [5.41, 5.74) is 13.9. The molecule has 7 nitrogen and oxygen atoms in total. The maximum absolute atomic E-state index is 12.6. The van der Waals surface area contributed by atoms with Crippen LogP contribution in [-0.2, 0) is 15.8 Å². The Morgan fingerprint density at radius 1 is 1.20 bits per heavy atom. The number of carbonyl (C=O) groups is 2. The monoisotopic (exact) mass is 291 g/mol. The second kappa shape index (κ2) is 5.63. The van der Waals surface area contributed by atoms with E-state index in [2.05, 4.69) is 4.98 Å².